The van der Waals surface area contributed by atoms with Crippen molar-refractivity contribution in [2.24, 2.45) is 0 Å². The van der Waals surface area contributed by atoms with Gasteiger partial charge in [0, 0.05) is 34.8 Å². The van der Waals surface area contributed by atoms with Gasteiger partial charge < -0.3 is 4.42 Å². The number of nitrogens with zero attached hydrogens (tertiary/aromatic N) is 1. The summed E-state index contributed by atoms with van der Waals surface area (Å²) < 4.78 is 47.9. The van der Waals surface area contributed by atoms with Gasteiger partial charge in [-0.05, 0) is 65.6 Å². The van der Waals surface area contributed by atoms with Crippen molar-refractivity contribution in [2.45, 2.75) is 13.2 Å². The quantitative estimate of drug-likeness (QED) is 0.302. The van der Waals surface area contributed by atoms with Crippen LogP contribution in [0.1, 0.15) is 23.5 Å². The number of furan rings is 1. The molecule has 2 heterocycles. The largest absolute Gasteiger partial charge is 0.455 e. The Labute approximate surface area is 187 Å². The predicted octanol–water partition coefficient (Wildman–Crippen LogP) is 7.70. The van der Waals surface area contributed by atoms with Gasteiger partial charge in [0.2, 0.25) is 0 Å². The van der Waals surface area contributed by atoms with Gasteiger partial charge in [0.1, 0.15) is 11.2 Å². The molecular formula is C29H21NO. The number of aryl methyl sites for hydroxylation is 1. The number of pyridine rings is 1. The highest BCUT2D eigenvalue weighted by atomic mass is 16.3. The molecule has 2 heteroatoms. The van der Waals surface area contributed by atoms with Gasteiger partial charge in [-0.1, -0.05) is 60.7 Å². The summed E-state index contributed by atoms with van der Waals surface area (Å²) in [5.41, 5.74) is 3.17. The molecule has 0 bridgehead atoms. The van der Waals surface area contributed by atoms with Crippen LogP contribution in [-0.2, 0) is 6.37 Å². The van der Waals surface area contributed by atoms with Gasteiger partial charge in [-0.25, -0.2) is 0 Å². The maximum Gasteiger partial charge on any atom is 0.143 e. The Hall–Kier alpha value is -3.91. The second kappa shape index (κ2) is 7.10. The second-order valence-corrected chi connectivity index (χ2v) is 7.58. The van der Waals surface area contributed by atoms with E-state index in [0.717, 1.165) is 38.3 Å². The number of benzene rings is 4. The van der Waals surface area contributed by atoms with Gasteiger partial charge in [-0.3, -0.25) is 4.98 Å². The van der Waals surface area contributed by atoms with Gasteiger partial charge >= 0.3 is 0 Å². The van der Waals surface area contributed by atoms with Crippen LogP contribution in [0.3, 0.4) is 0 Å². The fourth-order valence-electron chi connectivity index (χ4n) is 4.06. The lowest BCUT2D eigenvalue weighted by Crippen LogP contribution is -1.95. The molecule has 0 spiro atoms. The van der Waals surface area contributed by atoms with Crippen molar-refractivity contribution in [2.75, 3.05) is 0 Å². The summed E-state index contributed by atoms with van der Waals surface area (Å²) >= 11 is 0. The molecule has 0 aliphatic carbocycles. The van der Waals surface area contributed by atoms with Gasteiger partial charge in [-0.2, -0.15) is 0 Å². The van der Waals surface area contributed by atoms with E-state index in [4.69, 9.17) is 11.3 Å². The van der Waals surface area contributed by atoms with Gasteiger partial charge in [-0.15, -0.1) is 0 Å². The molecule has 0 aliphatic heterocycles. The van der Waals surface area contributed by atoms with E-state index in [-0.39, 0.29) is 11.1 Å². The molecular weight excluding hydrogens is 378 g/mol. The highest BCUT2D eigenvalue weighted by molar-refractivity contribution is 6.15. The molecule has 0 amide bonds. The van der Waals surface area contributed by atoms with Crippen molar-refractivity contribution < 1.29 is 11.3 Å². The third-order valence-corrected chi connectivity index (χ3v) is 5.61. The summed E-state index contributed by atoms with van der Waals surface area (Å²) in [6, 6.07) is 28.1. The van der Waals surface area contributed by atoms with Crippen molar-refractivity contribution in [3.8, 4) is 11.3 Å². The summed E-state index contributed by atoms with van der Waals surface area (Å²) in [6.07, 6.45) is -0.738. The highest BCUT2D eigenvalue weighted by Crippen LogP contribution is 2.36. The Kier molecular flexibility index (Phi) is 3.07. The average molecular weight is 405 g/mol. The van der Waals surface area contributed by atoms with Crippen molar-refractivity contribution in [3.63, 3.8) is 0 Å². The van der Waals surface area contributed by atoms with E-state index in [9.17, 15) is 0 Å². The molecule has 2 aromatic heterocycles. The number of aromatic nitrogens is 1. The maximum absolute atomic E-state index is 8.85. The minimum Gasteiger partial charge on any atom is -0.455 e. The van der Waals surface area contributed by atoms with E-state index >= 15 is 0 Å². The van der Waals surface area contributed by atoms with E-state index < -0.39 is 13.2 Å². The molecule has 0 atom stereocenters. The van der Waals surface area contributed by atoms with Crippen LogP contribution in [0.4, 0.5) is 0 Å². The fourth-order valence-corrected chi connectivity index (χ4v) is 4.06. The molecule has 0 N–H and O–H groups in total. The first kappa shape index (κ1) is 13.4. The van der Waals surface area contributed by atoms with E-state index in [0.29, 0.717) is 11.3 Å². The molecule has 0 fully saturated rings. The third kappa shape index (κ3) is 3.08. The Morgan fingerprint density at radius 1 is 0.839 bits per heavy atom. The fraction of sp³-hybridized carbons (Fsp3) is 0.0690. The lowest BCUT2D eigenvalue weighted by Gasteiger charge is -2.09. The van der Waals surface area contributed by atoms with Crippen LogP contribution in [0.2, 0.25) is 0 Å². The van der Waals surface area contributed by atoms with Crippen LogP contribution < -0.4 is 0 Å². The lowest BCUT2D eigenvalue weighted by atomic mass is 9.99. The topological polar surface area (TPSA) is 26.0 Å². The molecule has 148 valence electrons. The van der Waals surface area contributed by atoms with E-state index in [2.05, 4.69) is 11.1 Å². The SMILES string of the molecule is [2H]C([2H])([2H])c1cnc(-c2ccc3oc4c5ccccc5ccc4c3c2)cc1C([2H])([2H])c1ccccc1. The molecule has 6 aromatic rings. The first-order valence-corrected chi connectivity index (χ1v) is 10.1. The molecule has 0 unspecified atom stereocenters. The Morgan fingerprint density at radius 2 is 1.71 bits per heavy atom. The second-order valence-electron chi connectivity index (χ2n) is 7.58. The van der Waals surface area contributed by atoms with Crippen LogP contribution in [0.5, 0.6) is 0 Å². The predicted molar refractivity (Wildman–Crippen MR) is 128 cm³/mol. The molecule has 0 saturated heterocycles. The third-order valence-electron chi connectivity index (χ3n) is 5.61. The van der Waals surface area contributed by atoms with Crippen molar-refractivity contribution in [1.82, 2.24) is 4.98 Å². The number of hydrogen-bond donors (Lipinski definition) is 0. The first-order valence-electron chi connectivity index (χ1n) is 12.6. The van der Waals surface area contributed by atoms with Crippen molar-refractivity contribution in [1.29, 1.82) is 0 Å². The van der Waals surface area contributed by atoms with Crippen molar-refractivity contribution in [3.05, 3.63) is 114 Å². The molecule has 0 radical (unpaired) electrons. The Balaban J connectivity index is 1.55. The zero-order valence-corrected chi connectivity index (χ0v) is 16.6. The summed E-state index contributed by atoms with van der Waals surface area (Å²) in [7, 11) is 0. The molecule has 31 heavy (non-hydrogen) atoms. The normalized spacial score (nSPS) is 14.8. The number of hydrogen-bond acceptors (Lipinski definition) is 2. The zero-order chi connectivity index (χ0) is 25.1. The van der Waals surface area contributed by atoms with Crippen LogP contribution in [0, 0.1) is 6.85 Å². The van der Waals surface area contributed by atoms with Crippen LogP contribution >= 0.6 is 0 Å². The Bertz CT molecular complexity index is 1750. The summed E-state index contributed by atoms with van der Waals surface area (Å²) in [5, 5.41) is 4.03. The average Bonchev–Trinajstić information content (AvgIpc) is 3.27. The van der Waals surface area contributed by atoms with E-state index in [1.54, 1.807) is 36.4 Å². The number of rotatable bonds is 3. The molecule has 0 saturated carbocycles. The van der Waals surface area contributed by atoms with Gasteiger partial charge in [0.05, 0.1) is 5.69 Å². The smallest absolute Gasteiger partial charge is 0.143 e. The van der Waals surface area contributed by atoms with Crippen LogP contribution in [-0.4, -0.2) is 4.98 Å². The maximum atomic E-state index is 8.85. The molecule has 6 rings (SSSR count). The summed E-state index contributed by atoms with van der Waals surface area (Å²) in [4.78, 5) is 4.45. The summed E-state index contributed by atoms with van der Waals surface area (Å²) in [5.74, 6) is 0. The minimum atomic E-state index is -2.51. The van der Waals surface area contributed by atoms with Crippen molar-refractivity contribution >= 4 is 32.7 Å². The molecule has 0 aliphatic rings. The van der Waals surface area contributed by atoms with E-state index in [1.807, 2.05) is 48.5 Å². The van der Waals surface area contributed by atoms with Crippen LogP contribution in [0.15, 0.2) is 102 Å². The lowest BCUT2D eigenvalue weighted by molar-refractivity contribution is 0.672. The molecule has 2 nitrogen and oxygen atoms in total. The Morgan fingerprint density at radius 3 is 2.61 bits per heavy atom. The van der Waals surface area contributed by atoms with Crippen LogP contribution in [0.25, 0.3) is 44.0 Å². The summed E-state index contributed by atoms with van der Waals surface area (Å²) in [6.45, 7) is -2.51. The number of fused-ring (bicyclic) bond motifs is 5. The first-order chi connectivity index (χ1) is 17.2. The van der Waals surface area contributed by atoms with Gasteiger partial charge in [0.25, 0.3) is 0 Å². The standard InChI is InChI=1S/C29H21NO/c1-19-18-30-27(17-23(19)15-20-7-3-2-4-8-20)22-12-14-28-26(16-22)25-13-11-21-9-5-6-10-24(21)29(25)31-28/h2-14,16-18H,15H2,1H3/i1D3,15D2. The minimum absolute atomic E-state index is 0.0850. The monoisotopic (exact) mass is 404 g/mol. The van der Waals surface area contributed by atoms with Gasteiger partial charge in [0.15, 0.2) is 0 Å². The molecule has 4 aromatic carbocycles. The van der Waals surface area contributed by atoms with E-state index in [1.165, 1.54) is 6.20 Å². The highest BCUT2D eigenvalue weighted by Gasteiger charge is 2.12. The zero-order valence-electron chi connectivity index (χ0n) is 21.6.